The molecule has 3 heterocycles. The van der Waals surface area contributed by atoms with Crippen molar-refractivity contribution in [3.63, 3.8) is 0 Å². The molecule has 4 rings (SSSR count). The minimum absolute atomic E-state index is 0.358. The normalized spacial score (nSPS) is 15.8. The molecule has 0 amide bonds. The van der Waals surface area contributed by atoms with Crippen molar-refractivity contribution in [1.29, 1.82) is 0 Å². The van der Waals surface area contributed by atoms with Gasteiger partial charge in [0.05, 0.1) is 5.39 Å². The lowest BCUT2D eigenvalue weighted by Gasteiger charge is -2.32. The average Bonchev–Trinajstić information content (AvgIpc) is 2.64. The Morgan fingerprint density at radius 3 is 2.46 bits per heavy atom. The minimum Gasteiger partial charge on any atom is -0.383 e. The van der Waals surface area contributed by atoms with Crippen molar-refractivity contribution >= 4 is 22.8 Å². The number of pyridine rings is 1. The van der Waals surface area contributed by atoms with Gasteiger partial charge in [-0.25, -0.2) is 4.98 Å². The zero-order chi connectivity index (χ0) is 19.7. The van der Waals surface area contributed by atoms with E-state index in [-0.39, 0.29) is 0 Å². The molecular weight excluding hydrogens is 348 g/mol. The molecule has 0 bridgehead atoms. The summed E-state index contributed by atoms with van der Waals surface area (Å²) < 4.78 is 0. The van der Waals surface area contributed by atoms with Crippen LogP contribution in [0.5, 0.6) is 0 Å². The summed E-state index contributed by atoms with van der Waals surface area (Å²) in [7, 11) is 0. The van der Waals surface area contributed by atoms with Crippen molar-refractivity contribution in [2.45, 2.75) is 46.2 Å². The number of hydrogen-bond acceptors (Lipinski definition) is 6. The van der Waals surface area contributed by atoms with E-state index < -0.39 is 0 Å². The average molecular weight is 377 g/mol. The minimum atomic E-state index is 0.358. The Morgan fingerprint density at radius 1 is 1.04 bits per heavy atom. The van der Waals surface area contributed by atoms with Crippen LogP contribution in [0.2, 0.25) is 0 Å². The topological polar surface area (TPSA) is 80.0 Å². The van der Waals surface area contributed by atoms with E-state index in [2.05, 4.69) is 56.4 Å². The van der Waals surface area contributed by atoms with Crippen LogP contribution in [-0.2, 0) is 6.54 Å². The number of hydrogen-bond donors (Lipinski definition) is 2. The van der Waals surface area contributed by atoms with Crippen LogP contribution >= 0.6 is 0 Å². The standard InChI is InChI=1S/C22H28N6/c1-14-4-6-17(7-5-14)13-28-10-8-18(9-11-28)25-22-26-20(23)19-15(2)12-16(3)24-21(19)27-22/h4-7,12,18H,8-11,13H2,1-3H3,(H3,23,24,25,26,27). The van der Waals surface area contributed by atoms with Crippen LogP contribution in [0.1, 0.15) is 35.2 Å². The molecule has 0 saturated carbocycles. The summed E-state index contributed by atoms with van der Waals surface area (Å²) in [5.74, 6) is 1.08. The summed E-state index contributed by atoms with van der Waals surface area (Å²) in [6, 6.07) is 11.2. The Morgan fingerprint density at radius 2 is 1.75 bits per heavy atom. The first-order valence-electron chi connectivity index (χ1n) is 9.94. The molecule has 1 aliphatic rings. The highest BCUT2D eigenvalue weighted by atomic mass is 15.2. The number of nitrogen functional groups attached to an aromatic ring is 1. The van der Waals surface area contributed by atoms with Crippen LogP contribution in [0.3, 0.4) is 0 Å². The molecule has 0 spiro atoms. The summed E-state index contributed by atoms with van der Waals surface area (Å²) in [6.45, 7) is 9.25. The van der Waals surface area contributed by atoms with E-state index in [1.54, 1.807) is 0 Å². The van der Waals surface area contributed by atoms with E-state index in [4.69, 9.17) is 5.73 Å². The largest absolute Gasteiger partial charge is 0.383 e. The van der Waals surface area contributed by atoms with Gasteiger partial charge < -0.3 is 11.1 Å². The number of benzene rings is 1. The Balaban J connectivity index is 1.40. The van der Waals surface area contributed by atoms with Crippen molar-refractivity contribution in [3.05, 3.63) is 52.7 Å². The van der Waals surface area contributed by atoms with Gasteiger partial charge >= 0.3 is 0 Å². The first-order valence-corrected chi connectivity index (χ1v) is 9.94. The highest BCUT2D eigenvalue weighted by Gasteiger charge is 2.20. The van der Waals surface area contributed by atoms with Gasteiger partial charge in [0.1, 0.15) is 5.82 Å². The molecule has 1 saturated heterocycles. The maximum absolute atomic E-state index is 6.19. The van der Waals surface area contributed by atoms with Crippen LogP contribution < -0.4 is 11.1 Å². The van der Waals surface area contributed by atoms with Gasteiger partial charge in [-0.1, -0.05) is 29.8 Å². The van der Waals surface area contributed by atoms with Crippen molar-refractivity contribution in [3.8, 4) is 0 Å². The van der Waals surface area contributed by atoms with E-state index in [1.807, 2.05) is 19.9 Å². The van der Waals surface area contributed by atoms with E-state index >= 15 is 0 Å². The van der Waals surface area contributed by atoms with E-state index in [9.17, 15) is 0 Å². The Kier molecular flexibility index (Phi) is 5.13. The number of aromatic nitrogens is 3. The summed E-state index contributed by atoms with van der Waals surface area (Å²) in [5, 5.41) is 4.33. The lowest BCUT2D eigenvalue weighted by Crippen LogP contribution is -2.39. The highest BCUT2D eigenvalue weighted by Crippen LogP contribution is 2.24. The Bertz CT molecular complexity index is 974. The second-order valence-corrected chi connectivity index (χ2v) is 7.89. The third kappa shape index (κ3) is 4.07. The third-order valence-electron chi connectivity index (χ3n) is 5.47. The van der Waals surface area contributed by atoms with Crippen molar-refractivity contribution < 1.29 is 0 Å². The fraction of sp³-hybridized carbons (Fsp3) is 0.409. The number of piperidine rings is 1. The van der Waals surface area contributed by atoms with Gasteiger partial charge in [0, 0.05) is 31.4 Å². The molecule has 146 valence electrons. The lowest BCUT2D eigenvalue weighted by atomic mass is 10.0. The molecule has 1 fully saturated rings. The predicted molar refractivity (Wildman–Crippen MR) is 114 cm³/mol. The molecule has 1 aliphatic heterocycles. The van der Waals surface area contributed by atoms with Gasteiger partial charge in [-0.05, 0) is 50.8 Å². The number of rotatable bonds is 4. The van der Waals surface area contributed by atoms with Gasteiger partial charge in [-0.3, -0.25) is 4.90 Å². The first kappa shape index (κ1) is 18.6. The van der Waals surface area contributed by atoms with Crippen LogP contribution in [0, 0.1) is 20.8 Å². The number of fused-ring (bicyclic) bond motifs is 1. The second-order valence-electron chi connectivity index (χ2n) is 7.89. The molecule has 0 radical (unpaired) electrons. The fourth-order valence-electron chi connectivity index (χ4n) is 3.94. The van der Waals surface area contributed by atoms with E-state index in [0.29, 0.717) is 23.5 Å². The molecule has 2 aromatic heterocycles. The van der Waals surface area contributed by atoms with Crippen molar-refractivity contribution in [1.82, 2.24) is 19.9 Å². The highest BCUT2D eigenvalue weighted by molar-refractivity contribution is 5.89. The molecule has 1 aromatic carbocycles. The number of aryl methyl sites for hydroxylation is 3. The Labute approximate surface area is 166 Å². The third-order valence-corrected chi connectivity index (χ3v) is 5.47. The molecule has 3 aromatic rings. The number of nitrogens with zero attached hydrogens (tertiary/aromatic N) is 4. The molecule has 0 aliphatic carbocycles. The summed E-state index contributed by atoms with van der Waals surface area (Å²) in [6.07, 6.45) is 2.13. The maximum Gasteiger partial charge on any atom is 0.226 e. The zero-order valence-corrected chi connectivity index (χ0v) is 16.9. The van der Waals surface area contributed by atoms with Crippen LogP contribution in [0.4, 0.5) is 11.8 Å². The lowest BCUT2D eigenvalue weighted by molar-refractivity contribution is 0.211. The molecule has 0 atom stereocenters. The van der Waals surface area contributed by atoms with Gasteiger partial charge in [0.25, 0.3) is 0 Å². The molecule has 3 N–H and O–H groups in total. The SMILES string of the molecule is Cc1ccc(CN2CCC(Nc3nc(N)c4c(C)cc(C)nc4n3)CC2)cc1. The quantitative estimate of drug-likeness (QED) is 0.724. The number of nitrogens with two attached hydrogens (primary N) is 1. The maximum atomic E-state index is 6.19. The van der Waals surface area contributed by atoms with Gasteiger partial charge in [0.2, 0.25) is 5.95 Å². The van der Waals surface area contributed by atoms with Crippen LogP contribution in [0.25, 0.3) is 11.0 Å². The predicted octanol–water partition coefficient (Wildman–Crippen LogP) is 3.61. The number of nitrogens with one attached hydrogen (secondary N) is 1. The van der Waals surface area contributed by atoms with E-state index in [0.717, 1.165) is 49.1 Å². The van der Waals surface area contributed by atoms with Crippen molar-refractivity contribution in [2.24, 2.45) is 0 Å². The smallest absolute Gasteiger partial charge is 0.226 e. The molecule has 6 nitrogen and oxygen atoms in total. The Hall–Kier alpha value is -2.73. The monoisotopic (exact) mass is 376 g/mol. The summed E-state index contributed by atoms with van der Waals surface area (Å²) in [5.41, 5.74) is 11.6. The zero-order valence-electron chi connectivity index (χ0n) is 16.9. The number of anilines is 2. The van der Waals surface area contributed by atoms with Gasteiger partial charge in [-0.15, -0.1) is 0 Å². The summed E-state index contributed by atoms with van der Waals surface area (Å²) >= 11 is 0. The fourth-order valence-corrected chi connectivity index (χ4v) is 3.94. The first-order chi connectivity index (χ1) is 13.5. The molecule has 0 unspecified atom stereocenters. The van der Waals surface area contributed by atoms with Crippen LogP contribution in [-0.4, -0.2) is 39.0 Å². The van der Waals surface area contributed by atoms with Crippen molar-refractivity contribution in [2.75, 3.05) is 24.1 Å². The molecule has 6 heteroatoms. The van der Waals surface area contributed by atoms with Gasteiger partial charge in [-0.2, -0.15) is 9.97 Å². The van der Waals surface area contributed by atoms with Gasteiger partial charge in [0.15, 0.2) is 5.65 Å². The summed E-state index contributed by atoms with van der Waals surface area (Å²) in [4.78, 5) is 16.1. The molecule has 28 heavy (non-hydrogen) atoms. The number of likely N-dealkylation sites (tertiary alicyclic amines) is 1. The van der Waals surface area contributed by atoms with Crippen LogP contribution in [0.15, 0.2) is 30.3 Å². The second kappa shape index (κ2) is 7.72. The molecular formula is C22H28N6. The van der Waals surface area contributed by atoms with E-state index in [1.165, 1.54) is 11.1 Å².